The molecule has 1 aliphatic rings. The van der Waals surface area contributed by atoms with E-state index in [0.29, 0.717) is 0 Å². The van der Waals surface area contributed by atoms with E-state index in [4.69, 9.17) is 4.74 Å². The molecule has 0 saturated carbocycles. The summed E-state index contributed by atoms with van der Waals surface area (Å²) >= 11 is 0. The molecule has 0 bridgehead atoms. The molecule has 0 unspecified atom stereocenters. The van der Waals surface area contributed by atoms with Gasteiger partial charge in [-0.1, -0.05) is 24.6 Å². The van der Waals surface area contributed by atoms with Gasteiger partial charge in [0.05, 0.1) is 12.9 Å². The number of ether oxygens (including phenoxy) is 1. The maximum Gasteiger partial charge on any atom is 0.123 e. The van der Waals surface area contributed by atoms with Crippen LogP contribution >= 0.6 is 0 Å². The molecule has 0 aliphatic carbocycles. The lowest BCUT2D eigenvalue weighted by Gasteiger charge is -2.11. The fourth-order valence-corrected chi connectivity index (χ4v) is 2.06. The smallest absolute Gasteiger partial charge is 0.123 e. The highest BCUT2D eigenvalue weighted by Gasteiger charge is 2.05. The Morgan fingerprint density at radius 1 is 1.24 bits per heavy atom. The zero-order valence-electron chi connectivity index (χ0n) is 10.4. The molecular weight excluding hydrogens is 212 g/mol. The molecule has 0 saturated heterocycles. The first-order valence-corrected chi connectivity index (χ1v) is 6.29. The topological polar surface area (TPSA) is 33.6 Å². The SMILES string of the molecule is COc1ccccc1CNC1=NCCCCC1. The number of para-hydroxylation sites is 1. The van der Waals surface area contributed by atoms with E-state index in [2.05, 4.69) is 16.4 Å². The highest BCUT2D eigenvalue weighted by Crippen LogP contribution is 2.17. The second-order valence-corrected chi connectivity index (χ2v) is 4.30. The molecule has 1 aliphatic heterocycles. The van der Waals surface area contributed by atoms with Crippen molar-refractivity contribution < 1.29 is 4.74 Å². The van der Waals surface area contributed by atoms with Gasteiger partial charge in [0, 0.05) is 25.1 Å². The zero-order chi connectivity index (χ0) is 11.9. The lowest BCUT2D eigenvalue weighted by atomic mass is 10.2. The lowest BCUT2D eigenvalue weighted by molar-refractivity contribution is 0.409. The van der Waals surface area contributed by atoms with E-state index in [0.717, 1.165) is 31.1 Å². The van der Waals surface area contributed by atoms with Crippen molar-refractivity contribution in [3.8, 4) is 5.75 Å². The van der Waals surface area contributed by atoms with Crippen LogP contribution in [0.2, 0.25) is 0 Å². The minimum absolute atomic E-state index is 0.794. The minimum Gasteiger partial charge on any atom is -0.496 e. The zero-order valence-corrected chi connectivity index (χ0v) is 10.4. The van der Waals surface area contributed by atoms with Crippen molar-refractivity contribution in [1.29, 1.82) is 0 Å². The number of hydrogen-bond donors (Lipinski definition) is 1. The normalized spacial score (nSPS) is 15.9. The second-order valence-electron chi connectivity index (χ2n) is 4.30. The fraction of sp³-hybridized carbons (Fsp3) is 0.500. The van der Waals surface area contributed by atoms with Gasteiger partial charge in [0.25, 0.3) is 0 Å². The van der Waals surface area contributed by atoms with Gasteiger partial charge >= 0.3 is 0 Å². The molecule has 0 radical (unpaired) electrons. The van der Waals surface area contributed by atoms with Gasteiger partial charge in [-0.25, -0.2) is 0 Å². The predicted octanol–water partition coefficient (Wildman–Crippen LogP) is 2.76. The maximum absolute atomic E-state index is 5.33. The molecule has 0 amide bonds. The molecule has 1 heterocycles. The molecule has 0 atom stereocenters. The summed E-state index contributed by atoms with van der Waals surface area (Å²) in [5.74, 6) is 2.09. The number of amidine groups is 1. The number of hydrogen-bond acceptors (Lipinski definition) is 3. The average Bonchev–Trinajstić information content (AvgIpc) is 2.65. The number of rotatable bonds is 3. The van der Waals surface area contributed by atoms with E-state index in [1.807, 2.05) is 18.2 Å². The third kappa shape index (κ3) is 3.48. The van der Waals surface area contributed by atoms with Crippen LogP contribution < -0.4 is 10.1 Å². The molecular formula is C14H20N2O. The monoisotopic (exact) mass is 232 g/mol. The van der Waals surface area contributed by atoms with Gasteiger partial charge in [0.15, 0.2) is 0 Å². The van der Waals surface area contributed by atoms with Crippen LogP contribution in [0.3, 0.4) is 0 Å². The summed E-state index contributed by atoms with van der Waals surface area (Å²) in [5.41, 5.74) is 1.18. The van der Waals surface area contributed by atoms with Crippen LogP contribution in [0.1, 0.15) is 31.2 Å². The quantitative estimate of drug-likeness (QED) is 0.869. The largest absolute Gasteiger partial charge is 0.496 e. The Bertz CT molecular complexity index is 388. The molecule has 1 aromatic carbocycles. The lowest BCUT2D eigenvalue weighted by Crippen LogP contribution is -2.22. The Kier molecular flexibility index (Phi) is 4.42. The van der Waals surface area contributed by atoms with Crippen LogP contribution in [-0.2, 0) is 6.54 Å². The third-order valence-electron chi connectivity index (χ3n) is 3.05. The molecule has 0 aromatic heterocycles. The van der Waals surface area contributed by atoms with Gasteiger partial charge in [0.2, 0.25) is 0 Å². The summed E-state index contributed by atoms with van der Waals surface area (Å²) in [4.78, 5) is 4.56. The van der Waals surface area contributed by atoms with Crippen molar-refractivity contribution in [2.24, 2.45) is 4.99 Å². The number of nitrogens with one attached hydrogen (secondary N) is 1. The average molecular weight is 232 g/mol. The Balaban J connectivity index is 1.94. The first kappa shape index (κ1) is 12.0. The molecule has 17 heavy (non-hydrogen) atoms. The molecule has 1 N–H and O–H groups in total. The van der Waals surface area contributed by atoms with Crippen LogP contribution in [0.5, 0.6) is 5.75 Å². The molecule has 1 aromatic rings. The highest BCUT2D eigenvalue weighted by atomic mass is 16.5. The fourth-order valence-electron chi connectivity index (χ4n) is 2.06. The van der Waals surface area contributed by atoms with Crippen molar-refractivity contribution in [3.05, 3.63) is 29.8 Å². The molecule has 92 valence electrons. The predicted molar refractivity (Wildman–Crippen MR) is 70.6 cm³/mol. The van der Waals surface area contributed by atoms with Gasteiger partial charge in [0.1, 0.15) is 5.75 Å². The molecule has 0 fully saturated rings. The van der Waals surface area contributed by atoms with Crippen LogP contribution in [0, 0.1) is 0 Å². The number of benzene rings is 1. The Hall–Kier alpha value is -1.51. The van der Waals surface area contributed by atoms with Gasteiger partial charge in [-0.3, -0.25) is 4.99 Å². The number of methoxy groups -OCH3 is 1. The van der Waals surface area contributed by atoms with Crippen molar-refractivity contribution in [2.75, 3.05) is 13.7 Å². The summed E-state index contributed by atoms with van der Waals surface area (Å²) in [7, 11) is 1.71. The van der Waals surface area contributed by atoms with Crippen molar-refractivity contribution in [2.45, 2.75) is 32.2 Å². The van der Waals surface area contributed by atoms with Crippen molar-refractivity contribution in [3.63, 3.8) is 0 Å². The third-order valence-corrected chi connectivity index (χ3v) is 3.05. The number of nitrogens with zero attached hydrogens (tertiary/aromatic N) is 1. The van der Waals surface area contributed by atoms with Crippen molar-refractivity contribution >= 4 is 5.84 Å². The molecule has 3 nitrogen and oxygen atoms in total. The van der Waals surface area contributed by atoms with Gasteiger partial charge in [-0.2, -0.15) is 0 Å². The van der Waals surface area contributed by atoms with Crippen LogP contribution in [0.25, 0.3) is 0 Å². The van der Waals surface area contributed by atoms with E-state index in [1.54, 1.807) is 7.11 Å². The molecule has 3 heteroatoms. The molecule has 2 rings (SSSR count). The summed E-state index contributed by atoms with van der Waals surface area (Å²) < 4.78 is 5.33. The second kappa shape index (κ2) is 6.28. The van der Waals surface area contributed by atoms with E-state index in [9.17, 15) is 0 Å². The van der Waals surface area contributed by atoms with Gasteiger partial charge < -0.3 is 10.1 Å². The van der Waals surface area contributed by atoms with E-state index in [-0.39, 0.29) is 0 Å². The highest BCUT2D eigenvalue weighted by molar-refractivity contribution is 5.82. The first-order chi connectivity index (χ1) is 8.40. The maximum atomic E-state index is 5.33. The number of aliphatic imine (C=N–C) groups is 1. The standard InChI is InChI=1S/C14H20N2O/c1-17-13-8-5-4-7-12(13)11-16-14-9-3-2-6-10-15-14/h4-5,7-8H,2-3,6,9-11H2,1H3,(H,15,16). The van der Waals surface area contributed by atoms with E-state index in [1.165, 1.54) is 24.8 Å². The Morgan fingerprint density at radius 3 is 3.00 bits per heavy atom. The van der Waals surface area contributed by atoms with Gasteiger partial charge in [-0.15, -0.1) is 0 Å². The minimum atomic E-state index is 0.794. The van der Waals surface area contributed by atoms with Crippen LogP contribution in [0.4, 0.5) is 0 Å². The summed E-state index contributed by atoms with van der Waals surface area (Å²) in [6.45, 7) is 1.76. The summed E-state index contributed by atoms with van der Waals surface area (Å²) in [6, 6.07) is 8.11. The van der Waals surface area contributed by atoms with Crippen molar-refractivity contribution in [1.82, 2.24) is 5.32 Å². The van der Waals surface area contributed by atoms with Crippen LogP contribution in [-0.4, -0.2) is 19.5 Å². The van der Waals surface area contributed by atoms with Crippen LogP contribution in [0.15, 0.2) is 29.3 Å². The first-order valence-electron chi connectivity index (χ1n) is 6.29. The Labute approximate surface area is 103 Å². The molecule has 0 spiro atoms. The summed E-state index contributed by atoms with van der Waals surface area (Å²) in [5, 5.41) is 3.42. The van der Waals surface area contributed by atoms with Gasteiger partial charge in [-0.05, 0) is 18.9 Å². The summed E-state index contributed by atoms with van der Waals surface area (Å²) in [6.07, 6.45) is 4.84. The Morgan fingerprint density at radius 2 is 2.12 bits per heavy atom. The van der Waals surface area contributed by atoms with E-state index < -0.39 is 0 Å². The van der Waals surface area contributed by atoms with E-state index >= 15 is 0 Å².